The van der Waals surface area contributed by atoms with Gasteiger partial charge in [0.15, 0.2) is 5.76 Å². The van der Waals surface area contributed by atoms with Gasteiger partial charge >= 0.3 is 5.97 Å². The topological polar surface area (TPSA) is 52.6 Å². The van der Waals surface area contributed by atoms with Crippen LogP contribution in [0.1, 0.15) is 28.8 Å². The molecule has 1 aliphatic heterocycles. The summed E-state index contributed by atoms with van der Waals surface area (Å²) in [6.07, 6.45) is 2.96. The highest BCUT2D eigenvalue weighted by atomic mass is 35.5. The standard InChI is InChI=1S/C19H12ClFO4/c20-14-2-1-3-15(21)13(14)9-17-18(22)12-7-6-11(8-16(12)25-17)24-19(23)10-4-5-10/h1-3,6-10H,4-5H2/b17-9+. The summed E-state index contributed by atoms with van der Waals surface area (Å²) in [6, 6.07) is 8.80. The monoisotopic (exact) mass is 358 g/mol. The van der Waals surface area contributed by atoms with Gasteiger partial charge in [0.2, 0.25) is 5.78 Å². The van der Waals surface area contributed by atoms with Gasteiger partial charge in [-0.1, -0.05) is 17.7 Å². The van der Waals surface area contributed by atoms with Gasteiger partial charge in [0.05, 0.1) is 16.5 Å². The van der Waals surface area contributed by atoms with E-state index in [0.29, 0.717) is 11.3 Å². The van der Waals surface area contributed by atoms with Crippen LogP contribution >= 0.6 is 11.6 Å². The van der Waals surface area contributed by atoms with Gasteiger partial charge in [0.1, 0.15) is 17.3 Å². The van der Waals surface area contributed by atoms with Crippen molar-refractivity contribution >= 4 is 29.4 Å². The lowest BCUT2D eigenvalue weighted by atomic mass is 10.1. The number of ether oxygens (including phenoxy) is 2. The molecule has 0 saturated heterocycles. The quantitative estimate of drug-likeness (QED) is 0.463. The summed E-state index contributed by atoms with van der Waals surface area (Å²) in [7, 11) is 0. The summed E-state index contributed by atoms with van der Waals surface area (Å²) >= 11 is 5.98. The molecule has 0 amide bonds. The normalized spacial score (nSPS) is 17.4. The first-order valence-electron chi connectivity index (χ1n) is 7.77. The lowest BCUT2D eigenvalue weighted by Crippen LogP contribution is -2.09. The molecular formula is C19H12ClFO4. The Bertz CT molecular complexity index is 911. The van der Waals surface area contributed by atoms with Crippen LogP contribution in [0.5, 0.6) is 11.5 Å². The smallest absolute Gasteiger partial charge is 0.314 e. The van der Waals surface area contributed by atoms with Crippen molar-refractivity contribution in [2.45, 2.75) is 12.8 Å². The van der Waals surface area contributed by atoms with Crippen LogP contribution in [-0.4, -0.2) is 11.8 Å². The van der Waals surface area contributed by atoms with E-state index in [4.69, 9.17) is 21.1 Å². The SMILES string of the molecule is O=C1/C(=C\c2c(F)cccc2Cl)Oc2cc(OC(=O)C3CC3)ccc21. The molecule has 1 fully saturated rings. The van der Waals surface area contributed by atoms with Gasteiger partial charge in [0.25, 0.3) is 0 Å². The molecule has 0 spiro atoms. The number of ketones is 1. The highest BCUT2D eigenvalue weighted by Gasteiger charge is 2.33. The minimum atomic E-state index is -0.550. The molecule has 126 valence electrons. The summed E-state index contributed by atoms with van der Waals surface area (Å²) in [4.78, 5) is 24.1. The Morgan fingerprint density at radius 2 is 2.08 bits per heavy atom. The number of hydrogen-bond donors (Lipinski definition) is 0. The summed E-state index contributed by atoms with van der Waals surface area (Å²) < 4.78 is 24.7. The summed E-state index contributed by atoms with van der Waals surface area (Å²) in [5, 5.41) is 0.180. The molecule has 1 saturated carbocycles. The number of fused-ring (bicyclic) bond motifs is 1. The van der Waals surface area contributed by atoms with E-state index in [0.717, 1.165) is 12.8 Å². The highest BCUT2D eigenvalue weighted by Crippen LogP contribution is 2.37. The predicted molar refractivity (Wildman–Crippen MR) is 89.1 cm³/mol. The van der Waals surface area contributed by atoms with E-state index in [9.17, 15) is 14.0 Å². The zero-order valence-electron chi connectivity index (χ0n) is 12.9. The summed E-state index contributed by atoms with van der Waals surface area (Å²) in [5.41, 5.74) is 0.408. The van der Waals surface area contributed by atoms with Crippen LogP contribution in [0, 0.1) is 11.7 Å². The maximum Gasteiger partial charge on any atom is 0.314 e. The van der Waals surface area contributed by atoms with Crippen LogP contribution in [0.15, 0.2) is 42.2 Å². The molecule has 4 rings (SSSR count). The van der Waals surface area contributed by atoms with Crippen molar-refractivity contribution < 1.29 is 23.5 Å². The van der Waals surface area contributed by atoms with E-state index in [-0.39, 0.29) is 39.8 Å². The number of carbonyl (C=O) groups excluding carboxylic acids is 2. The van der Waals surface area contributed by atoms with E-state index in [1.165, 1.54) is 36.4 Å². The van der Waals surface area contributed by atoms with Crippen molar-refractivity contribution in [3.05, 3.63) is 64.1 Å². The molecule has 1 heterocycles. The number of rotatable bonds is 3. The van der Waals surface area contributed by atoms with Crippen LogP contribution in [0.3, 0.4) is 0 Å². The van der Waals surface area contributed by atoms with Gasteiger partial charge in [-0.3, -0.25) is 9.59 Å². The molecule has 2 aliphatic rings. The number of carbonyl (C=O) groups is 2. The fraction of sp³-hybridized carbons (Fsp3) is 0.158. The fourth-order valence-corrected chi connectivity index (χ4v) is 2.75. The summed E-state index contributed by atoms with van der Waals surface area (Å²) in [6.45, 7) is 0. The lowest BCUT2D eigenvalue weighted by Gasteiger charge is -2.04. The van der Waals surface area contributed by atoms with Crippen molar-refractivity contribution in [2.24, 2.45) is 5.92 Å². The highest BCUT2D eigenvalue weighted by molar-refractivity contribution is 6.32. The average Bonchev–Trinajstić information content (AvgIpc) is 3.38. The van der Waals surface area contributed by atoms with Gasteiger partial charge in [-0.15, -0.1) is 0 Å². The van der Waals surface area contributed by atoms with Crippen LogP contribution in [0.25, 0.3) is 6.08 Å². The van der Waals surface area contributed by atoms with E-state index in [2.05, 4.69) is 0 Å². The Morgan fingerprint density at radius 3 is 2.80 bits per heavy atom. The predicted octanol–water partition coefficient (Wildman–Crippen LogP) is 4.41. The molecule has 25 heavy (non-hydrogen) atoms. The van der Waals surface area contributed by atoms with E-state index in [1.807, 2.05) is 0 Å². The molecule has 2 aromatic rings. The molecule has 0 aromatic heterocycles. The van der Waals surface area contributed by atoms with Crippen LogP contribution in [-0.2, 0) is 4.79 Å². The van der Waals surface area contributed by atoms with Crippen LogP contribution in [0.2, 0.25) is 5.02 Å². The van der Waals surface area contributed by atoms with Crippen molar-refractivity contribution in [1.82, 2.24) is 0 Å². The molecule has 4 nitrogen and oxygen atoms in total. The van der Waals surface area contributed by atoms with Gasteiger partial charge in [-0.25, -0.2) is 4.39 Å². The fourth-order valence-electron chi connectivity index (χ4n) is 2.53. The van der Waals surface area contributed by atoms with E-state index in [1.54, 1.807) is 6.07 Å². The maximum atomic E-state index is 13.9. The number of Topliss-reactive ketones (excluding diaryl/α,β-unsaturated/α-hetero) is 1. The minimum Gasteiger partial charge on any atom is -0.452 e. The van der Waals surface area contributed by atoms with Crippen molar-refractivity contribution in [1.29, 1.82) is 0 Å². The second-order valence-electron chi connectivity index (χ2n) is 5.93. The second kappa shape index (κ2) is 6.01. The minimum absolute atomic E-state index is 0.0329. The van der Waals surface area contributed by atoms with Gasteiger partial charge in [0, 0.05) is 11.6 Å². The number of hydrogen-bond acceptors (Lipinski definition) is 4. The Balaban J connectivity index is 1.62. The number of halogens is 2. The van der Waals surface area contributed by atoms with E-state index < -0.39 is 5.82 Å². The Labute approximate surface area is 147 Å². The first-order valence-corrected chi connectivity index (χ1v) is 8.15. The molecular weight excluding hydrogens is 347 g/mol. The Kier molecular flexibility index (Phi) is 3.81. The Hall–Kier alpha value is -2.66. The molecule has 0 unspecified atom stereocenters. The number of esters is 1. The lowest BCUT2D eigenvalue weighted by molar-refractivity contribution is -0.135. The van der Waals surface area contributed by atoms with Gasteiger partial charge in [-0.05, 0) is 43.2 Å². The Morgan fingerprint density at radius 1 is 1.28 bits per heavy atom. The molecule has 0 radical (unpaired) electrons. The third kappa shape index (κ3) is 3.03. The largest absolute Gasteiger partial charge is 0.452 e. The third-order valence-electron chi connectivity index (χ3n) is 4.05. The molecule has 6 heteroatoms. The van der Waals surface area contributed by atoms with E-state index >= 15 is 0 Å². The van der Waals surface area contributed by atoms with Crippen LogP contribution < -0.4 is 9.47 Å². The van der Waals surface area contributed by atoms with Crippen LogP contribution in [0.4, 0.5) is 4.39 Å². The first kappa shape index (κ1) is 15.8. The summed E-state index contributed by atoms with van der Waals surface area (Å²) in [5.74, 6) is -0.695. The molecule has 2 aromatic carbocycles. The molecule has 0 N–H and O–H groups in total. The van der Waals surface area contributed by atoms with Gasteiger partial charge in [-0.2, -0.15) is 0 Å². The first-order chi connectivity index (χ1) is 12.0. The number of allylic oxidation sites excluding steroid dienone is 1. The van der Waals surface area contributed by atoms with Crippen molar-refractivity contribution in [3.8, 4) is 11.5 Å². The van der Waals surface area contributed by atoms with Crippen molar-refractivity contribution in [2.75, 3.05) is 0 Å². The zero-order valence-corrected chi connectivity index (χ0v) is 13.7. The molecule has 1 aliphatic carbocycles. The third-order valence-corrected chi connectivity index (χ3v) is 4.38. The molecule has 0 atom stereocenters. The average molecular weight is 359 g/mol. The molecule has 0 bridgehead atoms. The zero-order chi connectivity index (χ0) is 17.6. The second-order valence-corrected chi connectivity index (χ2v) is 6.34. The number of benzene rings is 2. The van der Waals surface area contributed by atoms with Crippen molar-refractivity contribution in [3.63, 3.8) is 0 Å². The maximum absolute atomic E-state index is 13.9. The van der Waals surface area contributed by atoms with Gasteiger partial charge < -0.3 is 9.47 Å².